The van der Waals surface area contributed by atoms with Gasteiger partial charge in [-0.05, 0) is 24.3 Å². The van der Waals surface area contributed by atoms with E-state index in [-0.39, 0.29) is 22.6 Å². The number of ether oxygens (including phenoxy) is 1. The maximum absolute atomic E-state index is 12.1. The highest BCUT2D eigenvalue weighted by Gasteiger charge is 2.15. The predicted molar refractivity (Wildman–Crippen MR) is 73.8 cm³/mol. The third-order valence-corrected chi connectivity index (χ3v) is 2.74. The Labute approximate surface area is 119 Å². The van der Waals surface area contributed by atoms with E-state index in [1.807, 2.05) is 0 Å². The van der Waals surface area contributed by atoms with Crippen molar-refractivity contribution in [2.75, 3.05) is 12.4 Å². The minimum absolute atomic E-state index is 0.00468. The first kappa shape index (κ1) is 14.3. The standard InChI is InChI=1S/C14H12N2O5/c1-21-12-3-2-8(14(19)20)6-10(12)16-13(18)9-4-5-15-7-11(9)17/h2-7,17H,1H3,(H,16,18)(H,19,20). The molecule has 1 heterocycles. The zero-order valence-electron chi connectivity index (χ0n) is 11.0. The van der Waals surface area contributed by atoms with Crippen LogP contribution in [-0.4, -0.2) is 34.2 Å². The van der Waals surface area contributed by atoms with Crippen LogP contribution in [0.3, 0.4) is 0 Å². The van der Waals surface area contributed by atoms with E-state index in [4.69, 9.17) is 9.84 Å². The van der Waals surface area contributed by atoms with Gasteiger partial charge in [0.1, 0.15) is 11.5 Å². The predicted octanol–water partition coefficient (Wildman–Crippen LogP) is 1.75. The molecule has 1 amide bonds. The maximum Gasteiger partial charge on any atom is 0.335 e. The number of nitrogens with zero attached hydrogens (tertiary/aromatic N) is 1. The van der Waals surface area contributed by atoms with Gasteiger partial charge in [0.15, 0.2) is 0 Å². The first-order valence-electron chi connectivity index (χ1n) is 5.88. The molecule has 0 fully saturated rings. The monoisotopic (exact) mass is 288 g/mol. The zero-order valence-corrected chi connectivity index (χ0v) is 11.0. The minimum Gasteiger partial charge on any atom is -0.505 e. The third-order valence-electron chi connectivity index (χ3n) is 2.74. The van der Waals surface area contributed by atoms with Gasteiger partial charge in [0, 0.05) is 6.20 Å². The molecule has 0 atom stereocenters. The van der Waals surface area contributed by atoms with E-state index in [2.05, 4.69) is 10.3 Å². The van der Waals surface area contributed by atoms with E-state index in [1.54, 1.807) is 0 Å². The molecule has 108 valence electrons. The smallest absolute Gasteiger partial charge is 0.335 e. The summed E-state index contributed by atoms with van der Waals surface area (Å²) >= 11 is 0. The molecule has 21 heavy (non-hydrogen) atoms. The van der Waals surface area contributed by atoms with Crippen LogP contribution in [0.2, 0.25) is 0 Å². The molecule has 0 spiro atoms. The second-order valence-corrected chi connectivity index (χ2v) is 4.07. The Bertz CT molecular complexity index is 700. The summed E-state index contributed by atoms with van der Waals surface area (Å²) in [6.07, 6.45) is 2.50. The highest BCUT2D eigenvalue weighted by atomic mass is 16.5. The van der Waals surface area contributed by atoms with Gasteiger partial charge in [0.2, 0.25) is 0 Å². The zero-order chi connectivity index (χ0) is 15.4. The Morgan fingerprint density at radius 2 is 2.05 bits per heavy atom. The number of carbonyl (C=O) groups excluding carboxylic acids is 1. The van der Waals surface area contributed by atoms with Gasteiger partial charge in [-0.3, -0.25) is 9.78 Å². The van der Waals surface area contributed by atoms with Crippen molar-refractivity contribution in [3.8, 4) is 11.5 Å². The average Bonchev–Trinajstić information content (AvgIpc) is 2.47. The van der Waals surface area contributed by atoms with Crippen LogP contribution in [-0.2, 0) is 0 Å². The van der Waals surface area contributed by atoms with Crippen LogP contribution in [0.1, 0.15) is 20.7 Å². The number of aromatic carboxylic acids is 1. The lowest BCUT2D eigenvalue weighted by atomic mass is 10.1. The van der Waals surface area contributed by atoms with Crippen molar-refractivity contribution in [3.63, 3.8) is 0 Å². The Hall–Kier alpha value is -3.09. The fourth-order valence-electron chi connectivity index (χ4n) is 1.71. The number of hydrogen-bond acceptors (Lipinski definition) is 5. The number of benzene rings is 1. The molecule has 1 aromatic carbocycles. The molecule has 3 N–H and O–H groups in total. The van der Waals surface area contributed by atoms with Crippen molar-refractivity contribution in [2.24, 2.45) is 0 Å². The van der Waals surface area contributed by atoms with Crippen molar-refractivity contribution in [3.05, 3.63) is 47.8 Å². The lowest BCUT2D eigenvalue weighted by molar-refractivity contribution is 0.0696. The molecule has 7 heteroatoms. The van der Waals surface area contributed by atoms with Crippen LogP contribution in [0.4, 0.5) is 5.69 Å². The van der Waals surface area contributed by atoms with E-state index in [0.29, 0.717) is 5.75 Å². The van der Waals surface area contributed by atoms with Crippen LogP contribution >= 0.6 is 0 Å². The van der Waals surface area contributed by atoms with Crippen LogP contribution in [0.15, 0.2) is 36.7 Å². The Morgan fingerprint density at radius 3 is 2.67 bits per heavy atom. The average molecular weight is 288 g/mol. The Morgan fingerprint density at radius 1 is 1.29 bits per heavy atom. The lowest BCUT2D eigenvalue weighted by Gasteiger charge is -2.11. The molecule has 0 saturated heterocycles. The minimum atomic E-state index is -1.13. The summed E-state index contributed by atoms with van der Waals surface area (Å²) < 4.78 is 5.06. The van der Waals surface area contributed by atoms with E-state index in [1.165, 1.54) is 37.6 Å². The normalized spacial score (nSPS) is 9.95. The molecule has 0 aliphatic heterocycles. The molecule has 0 aliphatic carbocycles. The molecule has 0 radical (unpaired) electrons. The fraction of sp³-hybridized carbons (Fsp3) is 0.0714. The Balaban J connectivity index is 2.34. The van der Waals surface area contributed by atoms with Crippen LogP contribution < -0.4 is 10.1 Å². The molecule has 2 rings (SSSR count). The number of hydrogen-bond donors (Lipinski definition) is 3. The van der Waals surface area contributed by atoms with Crippen molar-refractivity contribution in [1.82, 2.24) is 4.98 Å². The summed E-state index contributed by atoms with van der Waals surface area (Å²) in [4.78, 5) is 26.7. The number of amides is 1. The molecule has 0 bridgehead atoms. The van der Waals surface area contributed by atoms with E-state index in [9.17, 15) is 14.7 Å². The number of carboxylic acids is 1. The molecule has 1 aromatic heterocycles. The summed E-state index contributed by atoms with van der Waals surface area (Å²) in [5.41, 5.74) is 0.219. The van der Waals surface area contributed by atoms with Crippen molar-refractivity contribution in [2.45, 2.75) is 0 Å². The van der Waals surface area contributed by atoms with E-state index in [0.717, 1.165) is 6.20 Å². The maximum atomic E-state index is 12.1. The molecule has 2 aromatic rings. The first-order valence-corrected chi connectivity index (χ1v) is 5.88. The largest absolute Gasteiger partial charge is 0.505 e. The second-order valence-electron chi connectivity index (χ2n) is 4.07. The number of nitrogens with one attached hydrogen (secondary N) is 1. The van der Waals surface area contributed by atoms with Gasteiger partial charge in [0.05, 0.1) is 30.1 Å². The number of carboxylic acid groups (broad SMARTS) is 1. The van der Waals surface area contributed by atoms with Gasteiger partial charge >= 0.3 is 5.97 Å². The van der Waals surface area contributed by atoms with Crippen LogP contribution in [0, 0.1) is 0 Å². The molecular formula is C14H12N2O5. The topological polar surface area (TPSA) is 109 Å². The molecule has 0 aliphatic rings. The highest BCUT2D eigenvalue weighted by molar-refractivity contribution is 6.07. The number of aromatic hydroxyl groups is 1. The second kappa shape index (κ2) is 5.91. The summed E-state index contributed by atoms with van der Waals surface area (Å²) in [5, 5.41) is 21.0. The highest BCUT2D eigenvalue weighted by Crippen LogP contribution is 2.27. The van der Waals surface area contributed by atoms with E-state index < -0.39 is 11.9 Å². The number of anilines is 1. The summed E-state index contributed by atoms with van der Waals surface area (Å²) in [7, 11) is 1.40. The van der Waals surface area contributed by atoms with Gasteiger partial charge in [-0.25, -0.2) is 4.79 Å². The van der Waals surface area contributed by atoms with Crippen molar-refractivity contribution < 1.29 is 24.5 Å². The van der Waals surface area contributed by atoms with Crippen LogP contribution in [0.25, 0.3) is 0 Å². The first-order chi connectivity index (χ1) is 10.0. The summed E-state index contributed by atoms with van der Waals surface area (Å²) in [5.74, 6) is -1.69. The number of pyridine rings is 1. The van der Waals surface area contributed by atoms with Gasteiger partial charge in [0.25, 0.3) is 5.91 Å². The molecule has 0 saturated carbocycles. The Kier molecular flexibility index (Phi) is 4.03. The SMILES string of the molecule is COc1ccc(C(=O)O)cc1NC(=O)c1ccncc1O. The van der Waals surface area contributed by atoms with Gasteiger partial charge < -0.3 is 20.3 Å². The number of carbonyl (C=O) groups is 2. The fourth-order valence-corrected chi connectivity index (χ4v) is 1.71. The van der Waals surface area contributed by atoms with Gasteiger partial charge in [-0.1, -0.05) is 0 Å². The number of methoxy groups -OCH3 is 1. The quantitative estimate of drug-likeness (QED) is 0.790. The third kappa shape index (κ3) is 3.08. The molecular weight excluding hydrogens is 276 g/mol. The lowest BCUT2D eigenvalue weighted by Crippen LogP contribution is -2.13. The number of aromatic nitrogens is 1. The molecule has 7 nitrogen and oxygen atoms in total. The van der Waals surface area contributed by atoms with Gasteiger partial charge in [-0.15, -0.1) is 0 Å². The van der Waals surface area contributed by atoms with Crippen molar-refractivity contribution in [1.29, 1.82) is 0 Å². The van der Waals surface area contributed by atoms with Gasteiger partial charge in [-0.2, -0.15) is 0 Å². The summed E-state index contributed by atoms with van der Waals surface area (Å²) in [6.45, 7) is 0. The van der Waals surface area contributed by atoms with Crippen molar-refractivity contribution >= 4 is 17.6 Å². The van der Waals surface area contributed by atoms with Crippen LogP contribution in [0.5, 0.6) is 11.5 Å². The van der Waals surface area contributed by atoms with E-state index >= 15 is 0 Å². The molecule has 0 unspecified atom stereocenters. The summed E-state index contributed by atoms with van der Waals surface area (Å²) in [6, 6.07) is 5.42. The number of rotatable bonds is 4.